The summed E-state index contributed by atoms with van der Waals surface area (Å²) in [7, 11) is 0. The van der Waals surface area contributed by atoms with Crippen molar-refractivity contribution >= 4 is 43.0 Å². The van der Waals surface area contributed by atoms with Gasteiger partial charge in [0.2, 0.25) is 0 Å². The van der Waals surface area contributed by atoms with E-state index in [9.17, 15) is 0 Å². The van der Waals surface area contributed by atoms with Crippen LogP contribution in [0.2, 0.25) is 0 Å². The van der Waals surface area contributed by atoms with Crippen LogP contribution in [0.4, 0.5) is 5.69 Å². The molecular formula is C28H25IN7-. The van der Waals surface area contributed by atoms with E-state index in [2.05, 4.69) is 75.5 Å². The first-order valence-corrected chi connectivity index (χ1v) is 14.3. The van der Waals surface area contributed by atoms with E-state index in [1.54, 1.807) is 0 Å². The Morgan fingerprint density at radius 3 is 2.00 bits per heavy atom. The van der Waals surface area contributed by atoms with Crippen LogP contribution in [0.3, 0.4) is 0 Å². The molecule has 0 N–H and O–H groups in total. The van der Waals surface area contributed by atoms with Gasteiger partial charge in [-0.15, -0.1) is 0 Å². The maximum absolute atomic E-state index is 5.10. The van der Waals surface area contributed by atoms with Crippen LogP contribution in [0.5, 0.6) is 0 Å². The van der Waals surface area contributed by atoms with E-state index in [0.29, 0.717) is 5.96 Å². The molecule has 6 rings (SSSR count). The average molecular weight is 586 g/mol. The van der Waals surface area contributed by atoms with Crippen molar-refractivity contribution in [2.75, 3.05) is 18.0 Å². The van der Waals surface area contributed by atoms with Crippen molar-refractivity contribution in [3.05, 3.63) is 94.8 Å². The van der Waals surface area contributed by atoms with Crippen LogP contribution in [-0.4, -0.2) is 42.3 Å². The molecule has 0 aliphatic carbocycles. The third-order valence-corrected chi connectivity index (χ3v) is 8.59. The first-order valence-electron chi connectivity index (χ1n) is 12.0. The number of para-hydroxylation sites is 2. The molecule has 8 heteroatoms. The second kappa shape index (κ2) is 9.69. The number of rotatable bonds is 5. The summed E-state index contributed by atoms with van der Waals surface area (Å²) in [6.45, 7) is 6.33. The molecule has 0 radical (unpaired) electrons. The van der Waals surface area contributed by atoms with E-state index in [0.717, 1.165) is 50.0 Å². The zero-order valence-electron chi connectivity index (χ0n) is 20.1. The number of aromatic nitrogens is 4. The molecule has 0 bridgehead atoms. The number of fused-ring (bicyclic) bond motifs is 2. The second-order valence-electron chi connectivity index (χ2n) is 8.34. The summed E-state index contributed by atoms with van der Waals surface area (Å²) in [6, 6.07) is 25.0. The summed E-state index contributed by atoms with van der Waals surface area (Å²) >= 11 is -0.585. The van der Waals surface area contributed by atoms with Crippen molar-refractivity contribution in [3.8, 4) is 0 Å². The predicted octanol–water partition coefficient (Wildman–Crippen LogP) is 2.44. The maximum atomic E-state index is 5.10. The molecule has 0 saturated carbocycles. The van der Waals surface area contributed by atoms with E-state index in [-0.39, 0.29) is 0 Å². The van der Waals surface area contributed by atoms with Crippen molar-refractivity contribution in [2.45, 2.75) is 13.8 Å². The summed E-state index contributed by atoms with van der Waals surface area (Å²) < 4.78 is 6.98. The zero-order valence-corrected chi connectivity index (χ0v) is 22.2. The van der Waals surface area contributed by atoms with Gasteiger partial charge in [-0.3, -0.25) is 0 Å². The van der Waals surface area contributed by atoms with Gasteiger partial charge >= 0.3 is 220 Å². The Bertz CT molecular complexity index is 1640. The topological polar surface area (TPSA) is 63.6 Å². The predicted molar refractivity (Wildman–Crippen MR) is 143 cm³/mol. The number of aliphatic imine (C=N–C) groups is 2. The molecule has 3 aromatic carbocycles. The fourth-order valence-electron chi connectivity index (χ4n) is 4.36. The molecular weight excluding hydrogens is 561 g/mol. The van der Waals surface area contributed by atoms with E-state index in [1.165, 1.54) is 5.69 Å². The molecule has 36 heavy (non-hydrogen) atoms. The molecule has 5 aromatic rings. The Morgan fingerprint density at radius 1 is 0.722 bits per heavy atom. The molecule has 1 aliphatic heterocycles. The number of halogens is 1. The fourth-order valence-corrected chi connectivity index (χ4v) is 6.42. The van der Waals surface area contributed by atoms with Gasteiger partial charge in [0.1, 0.15) is 0 Å². The Morgan fingerprint density at radius 2 is 1.33 bits per heavy atom. The van der Waals surface area contributed by atoms with Crippen molar-refractivity contribution in [1.82, 2.24) is 19.6 Å². The third-order valence-electron chi connectivity index (χ3n) is 6.26. The number of hydrogen-bond donors (Lipinski definition) is 0. The summed E-state index contributed by atoms with van der Waals surface area (Å²) in [5, 5.41) is 11.4. The van der Waals surface area contributed by atoms with Crippen molar-refractivity contribution < 1.29 is 21.2 Å². The van der Waals surface area contributed by atoms with Gasteiger partial charge in [-0.2, -0.15) is 0 Å². The van der Waals surface area contributed by atoms with Crippen molar-refractivity contribution in [1.29, 1.82) is 0 Å². The van der Waals surface area contributed by atoms with E-state index in [4.69, 9.17) is 9.98 Å². The van der Waals surface area contributed by atoms with Gasteiger partial charge in [0.25, 0.3) is 0 Å². The number of nitrogens with zero attached hydrogens (tertiary/aromatic N) is 7. The zero-order chi connectivity index (χ0) is 24.5. The standard InChI is InChI=1S/C28H25IN7/c1-3-34(4-2)23-15-13-20(14-16-23)27-29-17-26(35-24-11-7-5-9-21(24)18-30-35)32-28(33-27)36-25-12-8-6-10-22(25)19-31-36/h5-19H,3-4H2,1-2H3/q-1. The average Bonchev–Trinajstić information content (AvgIpc) is 3.49. The SMILES string of the molecule is CCN(CC)c1ccc(C2=NC(n3ncc4ccccc43)=NC(n3ncc4ccccc43)=C[I-]2)cc1. The van der Waals surface area contributed by atoms with Crippen LogP contribution in [0.25, 0.3) is 27.6 Å². The first-order chi connectivity index (χ1) is 17.7. The molecule has 1 aliphatic rings. The molecule has 180 valence electrons. The second-order valence-corrected chi connectivity index (χ2v) is 10.6. The van der Waals surface area contributed by atoms with Gasteiger partial charge < -0.3 is 0 Å². The van der Waals surface area contributed by atoms with Crippen molar-refractivity contribution in [3.63, 3.8) is 0 Å². The summed E-state index contributed by atoms with van der Waals surface area (Å²) in [5.74, 6) is 1.32. The molecule has 0 spiro atoms. The van der Waals surface area contributed by atoms with Crippen LogP contribution >= 0.6 is 0 Å². The van der Waals surface area contributed by atoms with Gasteiger partial charge in [-0.1, -0.05) is 0 Å². The van der Waals surface area contributed by atoms with Crippen LogP contribution in [0.1, 0.15) is 19.4 Å². The molecule has 0 unspecified atom stereocenters. The Kier molecular flexibility index (Phi) is 6.10. The summed E-state index contributed by atoms with van der Waals surface area (Å²) in [5.41, 5.74) is 4.34. The number of anilines is 1. The summed E-state index contributed by atoms with van der Waals surface area (Å²) in [6.07, 6.45) is 3.74. The van der Waals surface area contributed by atoms with Crippen molar-refractivity contribution in [2.24, 2.45) is 9.98 Å². The van der Waals surface area contributed by atoms with Crippen LogP contribution in [0.15, 0.2) is 99.3 Å². The molecule has 7 nitrogen and oxygen atoms in total. The number of benzene rings is 3. The van der Waals surface area contributed by atoms with Crippen LogP contribution in [0, 0.1) is 0 Å². The first kappa shape index (κ1) is 22.7. The molecule has 0 amide bonds. The van der Waals surface area contributed by atoms with Gasteiger partial charge in [-0.05, 0) is 0 Å². The van der Waals surface area contributed by atoms with Gasteiger partial charge in [-0.25, -0.2) is 0 Å². The number of hydrogen-bond acceptors (Lipinski definition) is 5. The Hall–Kier alpha value is -3.79. The molecule has 0 atom stereocenters. The minimum absolute atomic E-state index is 0.544. The van der Waals surface area contributed by atoms with Gasteiger partial charge in [0.15, 0.2) is 0 Å². The quantitative estimate of drug-likeness (QED) is 0.298. The normalized spacial score (nSPS) is 14.1. The molecule has 0 fully saturated rings. The van der Waals surface area contributed by atoms with Gasteiger partial charge in [0, 0.05) is 0 Å². The minimum atomic E-state index is -0.585. The molecule has 3 heterocycles. The third kappa shape index (κ3) is 4.11. The molecule has 0 saturated heterocycles. The van der Waals surface area contributed by atoms with E-state index in [1.807, 2.05) is 52.1 Å². The van der Waals surface area contributed by atoms with E-state index >= 15 is 0 Å². The Labute approximate surface area is 219 Å². The van der Waals surface area contributed by atoms with Crippen LogP contribution < -0.4 is 26.1 Å². The Balaban J connectivity index is 1.47. The van der Waals surface area contributed by atoms with Crippen LogP contribution in [-0.2, 0) is 0 Å². The fraction of sp³-hybridized carbons (Fsp3) is 0.143. The monoisotopic (exact) mass is 586 g/mol. The molecule has 2 aromatic heterocycles. The summed E-state index contributed by atoms with van der Waals surface area (Å²) in [4.78, 5) is 12.5. The van der Waals surface area contributed by atoms with Gasteiger partial charge in [0.05, 0.1) is 0 Å². The van der Waals surface area contributed by atoms with E-state index < -0.39 is 21.2 Å².